The van der Waals surface area contributed by atoms with Gasteiger partial charge in [-0.3, -0.25) is 0 Å². The molecule has 0 aliphatic carbocycles. The second-order valence-corrected chi connectivity index (χ2v) is 11.5. The maximum atomic E-state index is 12.6. The van der Waals surface area contributed by atoms with Gasteiger partial charge in [-0.25, -0.2) is 4.79 Å². The number of allylic oxidation sites excluding steroid dienone is 1. The zero-order valence-electron chi connectivity index (χ0n) is 13.3. The van der Waals surface area contributed by atoms with E-state index in [2.05, 4.69) is 29.7 Å². The van der Waals surface area contributed by atoms with Gasteiger partial charge in [0.25, 0.3) is 0 Å². The standard InChI is InChI=1S/C13H23F3N2O3Si/c1-20-12(19)10(8-17)11(7-13(14,15)16)18-9-21-5-6-22(2,3)4/h8,17-18H,5-7,9H2,1-4H3/b11-10+,17-8?. The van der Waals surface area contributed by atoms with E-state index in [1.807, 2.05) is 0 Å². The Morgan fingerprint density at radius 2 is 1.91 bits per heavy atom. The first-order chi connectivity index (χ1) is 10.00. The molecular weight excluding hydrogens is 317 g/mol. The molecule has 0 atom stereocenters. The highest BCUT2D eigenvalue weighted by atomic mass is 28.3. The van der Waals surface area contributed by atoms with Gasteiger partial charge >= 0.3 is 12.1 Å². The zero-order valence-corrected chi connectivity index (χ0v) is 14.3. The second-order valence-electron chi connectivity index (χ2n) is 5.86. The molecule has 0 saturated carbocycles. The molecule has 0 amide bonds. The van der Waals surface area contributed by atoms with Crippen molar-refractivity contribution in [1.82, 2.24) is 5.32 Å². The number of alkyl halides is 3. The van der Waals surface area contributed by atoms with Crippen LogP contribution >= 0.6 is 0 Å². The van der Waals surface area contributed by atoms with E-state index in [0.29, 0.717) is 12.8 Å². The number of hydrogen-bond donors (Lipinski definition) is 2. The van der Waals surface area contributed by atoms with Gasteiger partial charge in [0.05, 0.1) is 19.1 Å². The minimum atomic E-state index is -4.51. The average Bonchev–Trinajstić information content (AvgIpc) is 2.35. The first kappa shape index (κ1) is 20.6. The van der Waals surface area contributed by atoms with E-state index in [4.69, 9.17) is 10.1 Å². The Balaban J connectivity index is 4.79. The molecule has 0 radical (unpaired) electrons. The highest BCUT2D eigenvalue weighted by molar-refractivity contribution is 6.76. The largest absolute Gasteiger partial charge is 0.465 e. The number of methoxy groups -OCH3 is 1. The van der Waals surface area contributed by atoms with Crippen LogP contribution in [-0.4, -0.2) is 46.9 Å². The van der Waals surface area contributed by atoms with Crippen LogP contribution < -0.4 is 5.32 Å². The van der Waals surface area contributed by atoms with Crippen molar-refractivity contribution in [1.29, 1.82) is 5.41 Å². The molecule has 0 rings (SSSR count). The number of nitrogens with one attached hydrogen (secondary N) is 2. The summed E-state index contributed by atoms with van der Waals surface area (Å²) in [6.07, 6.45) is -5.32. The molecule has 2 N–H and O–H groups in total. The number of esters is 1. The van der Waals surface area contributed by atoms with Crippen LogP contribution in [-0.2, 0) is 14.3 Å². The van der Waals surface area contributed by atoms with E-state index < -0.39 is 37.9 Å². The van der Waals surface area contributed by atoms with Gasteiger partial charge in [0.1, 0.15) is 6.73 Å². The van der Waals surface area contributed by atoms with Gasteiger partial charge in [0.15, 0.2) is 0 Å². The normalized spacial score (nSPS) is 13.4. The zero-order chi connectivity index (χ0) is 17.4. The lowest BCUT2D eigenvalue weighted by molar-refractivity contribution is -0.136. The molecule has 0 unspecified atom stereocenters. The molecule has 128 valence electrons. The molecule has 5 nitrogen and oxygen atoms in total. The van der Waals surface area contributed by atoms with Crippen LogP contribution in [0, 0.1) is 5.41 Å². The summed E-state index contributed by atoms with van der Waals surface area (Å²) in [6, 6.07) is 0.876. The van der Waals surface area contributed by atoms with Crippen LogP contribution in [0.4, 0.5) is 13.2 Å². The third kappa shape index (κ3) is 9.56. The minimum Gasteiger partial charge on any atom is -0.465 e. The molecule has 0 bridgehead atoms. The van der Waals surface area contributed by atoms with Crippen LogP contribution in [0.15, 0.2) is 11.3 Å². The monoisotopic (exact) mass is 340 g/mol. The van der Waals surface area contributed by atoms with Gasteiger partial charge in [0.2, 0.25) is 0 Å². The van der Waals surface area contributed by atoms with Crippen molar-refractivity contribution in [3.8, 4) is 0 Å². The Hall–Kier alpha value is -1.35. The SMILES string of the molecule is COC(=O)/C(C=N)=C(\CC(F)(F)F)NCOCC[Si](C)(C)C. The first-order valence-electron chi connectivity index (χ1n) is 6.70. The number of hydrogen-bond acceptors (Lipinski definition) is 5. The molecule has 0 aromatic carbocycles. The van der Waals surface area contributed by atoms with E-state index in [1.54, 1.807) is 0 Å². The fraction of sp³-hybridized carbons (Fsp3) is 0.692. The summed E-state index contributed by atoms with van der Waals surface area (Å²) in [6.45, 7) is 6.74. The summed E-state index contributed by atoms with van der Waals surface area (Å²) < 4.78 is 47.3. The highest BCUT2D eigenvalue weighted by Gasteiger charge is 2.31. The van der Waals surface area contributed by atoms with Gasteiger partial charge in [-0.05, 0) is 6.04 Å². The Morgan fingerprint density at radius 3 is 2.32 bits per heavy atom. The van der Waals surface area contributed by atoms with Crippen molar-refractivity contribution in [2.45, 2.75) is 38.3 Å². The lowest BCUT2D eigenvalue weighted by atomic mass is 10.1. The van der Waals surface area contributed by atoms with E-state index >= 15 is 0 Å². The lowest BCUT2D eigenvalue weighted by Gasteiger charge is -2.18. The molecule has 0 aromatic heterocycles. The highest BCUT2D eigenvalue weighted by Crippen LogP contribution is 2.25. The van der Waals surface area contributed by atoms with Gasteiger partial charge in [0, 0.05) is 26.6 Å². The van der Waals surface area contributed by atoms with Gasteiger partial charge in [-0.1, -0.05) is 19.6 Å². The third-order valence-electron chi connectivity index (χ3n) is 2.64. The van der Waals surface area contributed by atoms with Crippen LogP contribution in [0.3, 0.4) is 0 Å². The van der Waals surface area contributed by atoms with E-state index in [9.17, 15) is 18.0 Å². The lowest BCUT2D eigenvalue weighted by Crippen LogP contribution is -2.28. The molecule has 0 fully saturated rings. The topological polar surface area (TPSA) is 71.4 Å². The second kappa shape index (κ2) is 8.94. The maximum absolute atomic E-state index is 12.6. The minimum absolute atomic E-state index is 0.162. The third-order valence-corrected chi connectivity index (χ3v) is 4.34. The molecule has 0 heterocycles. The van der Waals surface area contributed by atoms with Crippen LogP contribution in [0.5, 0.6) is 0 Å². The van der Waals surface area contributed by atoms with Crippen molar-refractivity contribution < 1.29 is 27.4 Å². The summed E-state index contributed by atoms with van der Waals surface area (Å²) in [5, 5.41) is 9.53. The van der Waals surface area contributed by atoms with Crippen molar-refractivity contribution in [3.05, 3.63) is 11.3 Å². The maximum Gasteiger partial charge on any atom is 0.394 e. The predicted octanol–water partition coefficient (Wildman–Crippen LogP) is 2.92. The molecule has 0 saturated heterocycles. The smallest absolute Gasteiger partial charge is 0.394 e. The van der Waals surface area contributed by atoms with Crippen molar-refractivity contribution in [2.75, 3.05) is 20.4 Å². The van der Waals surface area contributed by atoms with Crippen LogP contribution in [0.25, 0.3) is 0 Å². The van der Waals surface area contributed by atoms with Gasteiger partial charge in [-0.2, -0.15) is 13.2 Å². The molecular formula is C13H23F3N2O3Si. The Kier molecular flexibility index (Phi) is 8.39. The molecule has 0 aliphatic heterocycles. The molecule has 22 heavy (non-hydrogen) atoms. The summed E-state index contributed by atoms with van der Waals surface area (Å²) in [7, 11) is -0.237. The molecule has 0 aromatic rings. The molecule has 0 spiro atoms. The fourth-order valence-electron chi connectivity index (χ4n) is 1.42. The Bertz CT molecular complexity index is 418. The Labute approximate surface area is 129 Å². The number of carbonyl (C=O) groups excluding carboxylic acids is 1. The Morgan fingerprint density at radius 1 is 1.32 bits per heavy atom. The van der Waals surface area contributed by atoms with Gasteiger partial charge < -0.3 is 20.2 Å². The van der Waals surface area contributed by atoms with Crippen LogP contribution in [0.2, 0.25) is 25.7 Å². The van der Waals surface area contributed by atoms with E-state index in [0.717, 1.165) is 13.2 Å². The van der Waals surface area contributed by atoms with Crippen molar-refractivity contribution in [3.63, 3.8) is 0 Å². The number of halogens is 3. The van der Waals surface area contributed by atoms with Crippen molar-refractivity contribution >= 4 is 20.3 Å². The molecule has 0 aliphatic rings. The average molecular weight is 340 g/mol. The number of rotatable bonds is 9. The van der Waals surface area contributed by atoms with Crippen LogP contribution in [0.1, 0.15) is 6.42 Å². The first-order valence-corrected chi connectivity index (χ1v) is 10.4. The predicted molar refractivity (Wildman–Crippen MR) is 80.6 cm³/mol. The van der Waals surface area contributed by atoms with E-state index in [-0.39, 0.29) is 6.73 Å². The van der Waals surface area contributed by atoms with E-state index in [1.165, 1.54) is 0 Å². The molecule has 9 heteroatoms. The quantitative estimate of drug-likeness (QED) is 0.169. The summed E-state index contributed by atoms with van der Waals surface area (Å²) in [4.78, 5) is 11.4. The van der Waals surface area contributed by atoms with Gasteiger partial charge in [-0.15, -0.1) is 0 Å². The summed E-state index contributed by atoms with van der Waals surface area (Å²) in [5.74, 6) is -0.996. The van der Waals surface area contributed by atoms with Crippen molar-refractivity contribution in [2.24, 2.45) is 0 Å². The fourth-order valence-corrected chi connectivity index (χ4v) is 2.18. The summed E-state index contributed by atoms with van der Waals surface area (Å²) in [5.41, 5.74) is -0.893. The summed E-state index contributed by atoms with van der Waals surface area (Å²) >= 11 is 0. The number of carbonyl (C=O) groups is 1. The number of ether oxygens (including phenoxy) is 2.